The third-order valence-electron chi connectivity index (χ3n) is 2.22. The number of pyridine rings is 1. The Bertz CT molecular complexity index is 482. The molecule has 2 nitrogen and oxygen atoms in total. The predicted molar refractivity (Wildman–Crippen MR) is 60.7 cm³/mol. The van der Waals surface area contributed by atoms with Crippen molar-refractivity contribution < 1.29 is 4.74 Å². The maximum Gasteiger partial charge on any atom is 0.145 e. The maximum atomic E-state index is 5.25. The molecule has 0 bridgehead atoms. The maximum absolute atomic E-state index is 5.25. The zero-order valence-corrected chi connectivity index (χ0v) is 9.63. The predicted octanol–water partition coefficient (Wildman–Crippen LogP) is 3.31. The standard InChI is InChI=1S/C11H10BrNO/c1-7-3-5-9(14-2)11-8(7)4-6-10(12)13-11/h3-6H,1-2H3. The second-order valence-corrected chi connectivity index (χ2v) is 3.93. The van der Waals surface area contributed by atoms with Crippen molar-refractivity contribution in [2.75, 3.05) is 7.11 Å². The minimum Gasteiger partial charge on any atom is -0.494 e. The Balaban J connectivity index is 2.85. The van der Waals surface area contributed by atoms with Crippen LogP contribution in [-0.2, 0) is 0 Å². The van der Waals surface area contributed by atoms with Crippen molar-refractivity contribution in [1.29, 1.82) is 0 Å². The van der Waals surface area contributed by atoms with Gasteiger partial charge in [-0.2, -0.15) is 0 Å². The van der Waals surface area contributed by atoms with E-state index < -0.39 is 0 Å². The third-order valence-corrected chi connectivity index (χ3v) is 2.67. The van der Waals surface area contributed by atoms with Gasteiger partial charge in [0.25, 0.3) is 0 Å². The molecule has 14 heavy (non-hydrogen) atoms. The highest BCUT2D eigenvalue weighted by Crippen LogP contribution is 2.27. The van der Waals surface area contributed by atoms with Crippen LogP contribution in [0.3, 0.4) is 0 Å². The Kier molecular flexibility index (Phi) is 2.42. The number of hydrogen-bond donors (Lipinski definition) is 0. The van der Waals surface area contributed by atoms with E-state index in [1.165, 1.54) is 5.56 Å². The molecule has 0 aliphatic rings. The summed E-state index contributed by atoms with van der Waals surface area (Å²) in [6.45, 7) is 2.07. The zero-order valence-electron chi connectivity index (χ0n) is 8.04. The number of nitrogens with zero attached hydrogens (tertiary/aromatic N) is 1. The SMILES string of the molecule is COc1ccc(C)c2ccc(Br)nc12. The second-order valence-electron chi connectivity index (χ2n) is 3.11. The number of fused-ring (bicyclic) bond motifs is 1. The fourth-order valence-electron chi connectivity index (χ4n) is 1.48. The Hall–Kier alpha value is -1.09. The number of methoxy groups -OCH3 is 1. The lowest BCUT2D eigenvalue weighted by Gasteiger charge is -2.06. The summed E-state index contributed by atoms with van der Waals surface area (Å²) in [7, 11) is 1.66. The van der Waals surface area contributed by atoms with Crippen molar-refractivity contribution in [3.63, 3.8) is 0 Å². The van der Waals surface area contributed by atoms with Gasteiger partial charge >= 0.3 is 0 Å². The molecule has 72 valence electrons. The fraction of sp³-hybridized carbons (Fsp3) is 0.182. The van der Waals surface area contributed by atoms with Gasteiger partial charge in [0.15, 0.2) is 0 Å². The number of halogens is 1. The van der Waals surface area contributed by atoms with Gasteiger partial charge in [-0.3, -0.25) is 0 Å². The smallest absolute Gasteiger partial charge is 0.145 e. The zero-order chi connectivity index (χ0) is 10.1. The first-order chi connectivity index (χ1) is 6.72. The molecular formula is C11H10BrNO. The van der Waals surface area contributed by atoms with Crippen molar-refractivity contribution in [3.8, 4) is 5.75 Å². The lowest BCUT2D eigenvalue weighted by Crippen LogP contribution is -1.89. The van der Waals surface area contributed by atoms with Gasteiger partial charge in [0.2, 0.25) is 0 Å². The van der Waals surface area contributed by atoms with Crippen molar-refractivity contribution >= 4 is 26.8 Å². The molecule has 0 spiro atoms. The topological polar surface area (TPSA) is 22.1 Å². The van der Waals surface area contributed by atoms with Crippen molar-refractivity contribution in [3.05, 3.63) is 34.4 Å². The highest BCUT2D eigenvalue weighted by Gasteiger charge is 2.05. The largest absolute Gasteiger partial charge is 0.494 e. The van der Waals surface area contributed by atoms with Gasteiger partial charge in [0.05, 0.1) is 7.11 Å². The van der Waals surface area contributed by atoms with Crippen LogP contribution in [0.15, 0.2) is 28.9 Å². The summed E-state index contributed by atoms with van der Waals surface area (Å²) in [4.78, 5) is 4.40. The van der Waals surface area contributed by atoms with Gasteiger partial charge < -0.3 is 4.74 Å². The van der Waals surface area contributed by atoms with Crippen LogP contribution in [0.5, 0.6) is 5.75 Å². The van der Waals surface area contributed by atoms with E-state index >= 15 is 0 Å². The summed E-state index contributed by atoms with van der Waals surface area (Å²) in [5.41, 5.74) is 2.11. The van der Waals surface area contributed by atoms with Crippen LogP contribution in [-0.4, -0.2) is 12.1 Å². The first-order valence-corrected chi connectivity index (χ1v) is 5.11. The molecule has 0 atom stereocenters. The van der Waals surface area contributed by atoms with Crippen LogP contribution >= 0.6 is 15.9 Å². The minimum atomic E-state index is 0.812. The molecule has 3 heteroatoms. The molecular weight excluding hydrogens is 242 g/mol. The minimum absolute atomic E-state index is 0.812. The second kappa shape index (κ2) is 3.58. The van der Waals surface area contributed by atoms with Gasteiger partial charge in [-0.1, -0.05) is 6.07 Å². The quantitative estimate of drug-likeness (QED) is 0.726. The molecule has 0 N–H and O–H groups in total. The molecule has 0 fully saturated rings. The van der Waals surface area contributed by atoms with Crippen LogP contribution in [0.2, 0.25) is 0 Å². The summed E-state index contributed by atoms with van der Waals surface area (Å²) in [6, 6.07) is 7.97. The lowest BCUT2D eigenvalue weighted by molar-refractivity contribution is 0.419. The summed E-state index contributed by atoms with van der Waals surface area (Å²) < 4.78 is 6.08. The number of ether oxygens (including phenoxy) is 1. The van der Waals surface area contributed by atoms with E-state index in [1.54, 1.807) is 7.11 Å². The van der Waals surface area contributed by atoms with Crippen LogP contribution in [0.25, 0.3) is 10.9 Å². The summed E-state index contributed by atoms with van der Waals surface area (Å²) >= 11 is 3.35. The molecule has 0 saturated carbocycles. The molecule has 1 aromatic carbocycles. The molecule has 0 aliphatic heterocycles. The molecule has 1 aromatic heterocycles. The van der Waals surface area contributed by atoms with Crippen molar-refractivity contribution in [1.82, 2.24) is 4.98 Å². The Morgan fingerprint density at radius 3 is 2.71 bits per heavy atom. The van der Waals surface area contributed by atoms with E-state index in [2.05, 4.69) is 27.8 Å². The van der Waals surface area contributed by atoms with E-state index in [4.69, 9.17) is 4.74 Å². The van der Waals surface area contributed by atoms with E-state index in [0.29, 0.717) is 0 Å². The molecule has 0 saturated heterocycles. The summed E-state index contributed by atoms with van der Waals surface area (Å²) in [6.07, 6.45) is 0. The van der Waals surface area contributed by atoms with Crippen LogP contribution in [0, 0.1) is 6.92 Å². The number of aromatic nitrogens is 1. The molecule has 2 rings (SSSR count). The van der Waals surface area contributed by atoms with E-state index in [0.717, 1.165) is 21.3 Å². The highest BCUT2D eigenvalue weighted by atomic mass is 79.9. The van der Waals surface area contributed by atoms with Gasteiger partial charge in [-0.05, 0) is 46.6 Å². The normalized spacial score (nSPS) is 10.5. The van der Waals surface area contributed by atoms with Gasteiger partial charge in [-0.15, -0.1) is 0 Å². The fourth-order valence-corrected chi connectivity index (χ4v) is 1.78. The monoisotopic (exact) mass is 251 g/mol. The van der Waals surface area contributed by atoms with E-state index in [9.17, 15) is 0 Å². The number of hydrogen-bond acceptors (Lipinski definition) is 2. The van der Waals surface area contributed by atoms with Gasteiger partial charge in [0.1, 0.15) is 15.9 Å². The number of rotatable bonds is 1. The molecule has 0 amide bonds. The van der Waals surface area contributed by atoms with Crippen LogP contribution in [0.1, 0.15) is 5.56 Å². The molecule has 0 radical (unpaired) electrons. The first kappa shape index (κ1) is 9.46. The Labute approximate surface area is 91.0 Å². The van der Waals surface area contributed by atoms with Crippen molar-refractivity contribution in [2.24, 2.45) is 0 Å². The Morgan fingerprint density at radius 1 is 1.21 bits per heavy atom. The van der Waals surface area contributed by atoms with Crippen LogP contribution in [0.4, 0.5) is 0 Å². The van der Waals surface area contributed by atoms with Crippen LogP contribution < -0.4 is 4.74 Å². The van der Waals surface area contributed by atoms with Gasteiger partial charge in [-0.25, -0.2) is 4.98 Å². The third kappa shape index (κ3) is 1.48. The average Bonchev–Trinajstić information content (AvgIpc) is 2.18. The average molecular weight is 252 g/mol. The summed E-state index contributed by atoms with van der Waals surface area (Å²) in [5.74, 6) is 0.812. The summed E-state index contributed by atoms with van der Waals surface area (Å²) in [5, 5.41) is 1.13. The Morgan fingerprint density at radius 2 is 2.00 bits per heavy atom. The number of benzene rings is 1. The lowest BCUT2D eigenvalue weighted by atomic mass is 10.1. The highest BCUT2D eigenvalue weighted by molar-refractivity contribution is 9.10. The van der Waals surface area contributed by atoms with E-state index in [1.807, 2.05) is 24.3 Å². The van der Waals surface area contributed by atoms with E-state index in [-0.39, 0.29) is 0 Å². The first-order valence-electron chi connectivity index (χ1n) is 4.32. The molecule has 0 aliphatic carbocycles. The molecule has 1 heterocycles. The molecule has 2 aromatic rings. The van der Waals surface area contributed by atoms with Crippen molar-refractivity contribution in [2.45, 2.75) is 6.92 Å². The molecule has 0 unspecified atom stereocenters. The number of aryl methyl sites for hydroxylation is 1. The van der Waals surface area contributed by atoms with Gasteiger partial charge in [0, 0.05) is 5.39 Å².